The highest BCUT2D eigenvalue weighted by Gasteiger charge is 2.17. The number of rotatable bonds is 6. The fourth-order valence-electron chi connectivity index (χ4n) is 3.05. The van der Waals surface area contributed by atoms with Crippen molar-refractivity contribution in [3.8, 4) is 11.5 Å². The van der Waals surface area contributed by atoms with Crippen LogP contribution in [0.5, 0.6) is 11.5 Å². The number of ether oxygens (including phenoxy) is 2. The highest BCUT2D eigenvalue weighted by atomic mass is 16.5. The van der Waals surface area contributed by atoms with E-state index >= 15 is 0 Å². The average molecular weight is 277 g/mol. The molecular weight excluding hydrogens is 250 g/mol. The first-order valence-corrected chi connectivity index (χ1v) is 7.65. The molecule has 1 fully saturated rings. The number of nitrogens with zero attached hydrogens (tertiary/aromatic N) is 1. The van der Waals surface area contributed by atoms with Crippen molar-refractivity contribution in [2.24, 2.45) is 0 Å². The van der Waals surface area contributed by atoms with Gasteiger partial charge in [0, 0.05) is 12.6 Å². The van der Waals surface area contributed by atoms with E-state index in [0.717, 1.165) is 30.5 Å². The molecule has 3 nitrogen and oxygen atoms in total. The van der Waals surface area contributed by atoms with Gasteiger partial charge < -0.3 is 14.4 Å². The summed E-state index contributed by atoms with van der Waals surface area (Å²) >= 11 is 0. The lowest BCUT2D eigenvalue weighted by molar-refractivity contribution is 0.193. The van der Waals surface area contributed by atoms with E-state index < -0.39 is 0 Å². The van der Waals surface area contributed by atoms with Crippen molar-refractivity contribution in [2.75, 3.05) is 27.8 Å². The zero-order chi connectivity index (χ0) is 14.4. The van der Waals surface area contributed by atoms with Crippen LogP contribution in [-0.2, 0) is 6.42 Å². The fraction of sp³-hybridized carbons (Fsp3) is 0.647. The monoisotopic (exact) mass is 277 g/mol. The van der Waals surface area contributed by atoms with Gasteiger partial charge in [-0.15, -0.1) is 0 Å². The Bertz CT molecular complexity index is 413. The third-order valence-corrected chi connectivity index (χ3v) is 4.40. The summed E-state index contributed by atoms with van der Waals surface area (Å²) in [6, 6.07) is 7.00. The van der Waals surface area contributed by atoms with Crippen molar-refractivity contribution in [2.45, 2.75) is 44.6 Å². The van der Waals surface area contributed by atoms with E-state index in [1.807, 2.05) is 6.07 Å². The van der Waals surface area contributed by atoms with Crippen LogP contribution in [0.15, 0.2) is 18.2 Å². The van der Waals surface area contributed by atoms with Crippen molar-refractivity contribution in [1.29, 1.82) is 0 Å². The molecule has 1 aliphatic carbocycles. The Morgan fingerprint density at radius 2 is 1.75 bits per heavy atom. The summed E-state index contributed by atoms with van der Waals surface area (Å²) in [4.78, 5) is 2.52. The fourth-order valence-corrected chi connectivity index (χ4v) is 3.05. The standard InChI is InChI=1S/C17H27NO2/c1-18(15-7-5-4-6-8-15)12-11-14-9-10-16(19-2)17(13-14)20-3/h9-10,13,15H,4-8,11-12H2,1-3H3. The van der Waals surface area contributed by atoms with Gasteiger partial charge in [-0.1, -0.05) is 25.3 Å². The molecule has 0 saturated heterocycles. The molecule has 0 amide bonds. The van der Waals surface area contributed by atoms with Crippen LogP contribution in [0.4, 0.5) is 0 Å². The summed E-state index contributed by atoms with van der Waals surface area (Å²) in [6.45, 7) is 1.11. The molecule has 2 rings (SSSR count). The quantitative estimate of drug-likeness (QED) is 0.794. The Kier molecular flexibility index (Phi) is 5.72. The zero-order valence-electron chi connectivity index (χ0n) is 13.0. The molecule has 0 N–H and O–H groups in total. The van der Waals surface area contributed by atoms with Crippen molar-refractivity contribution in [3.05, 3.63) is 23.8 Å². The highest BCUT2D eigenvalue weighted by molar-refractivity contribution is 5.42. The summed E-state index contributed by atoms with van der Waals surface area (Å²) in [7, 11) is 5.63. The first kappa shape index (κ1) is 15.2. The Labute approximate surface area is 122 Å². The minimum atomic E-state index is 0.781. The highest BCUT2D eigenvalue weighted by Crippen LogP contribution is 2.28. The van der Waals surface area contributed by atoms with Gasteiger partial charge in [0.25, 0.3) is 0 Å². The van der Waals surface area contributed by atoms with Crippen molar-refractivity contribution < 1.29 is 9.47 Å². The number of hydrogen-bond donors (Lipinski definition) is 0. The SMILES string of the molecule is COc1ccc(CCN(C)C2CCCCC2)cc1OC. The largest absolute Gasteiger partial charge is 0.493 e. The van der Waals surface area contributed by atoms with Crippen LogP contribution >= 0.6 is 0 Å². The van der Waals surface area contributed by atoms with E-state index in [4.69, 9.17) is 9.47 Å². The van der Waals surface area contributed by atoms with Gasteiger partial charge in [-0.05, 0) is 44.0 Å². The van der Waals surface area contributed by atoms with E-state index in [1.54, 1.807) is 14.2 Å². The first-order valence-electron chi connectivity index (χ1n) is 7.65. The maximum atomic E-state index is 5.36. The van der Waals surface area contributed by atoms with Crippen LogP contribution in [0.2, 0.25) is 0 Å². The Morgan fingerprint density at radius 1 is 1.05 bits per heavy atom. The summed E-state index contributed by atoms with van der Waals surface area (Å²) in [5.74, 6) is 1.63. The minimum absolute atomic E-state index is 0.781. The smallest absolute Gasteiger partial charge is 0.160 e. The van der Waals surface area contributed by atoms with Gasteiger partial charge in [0.05, 0.1) is 14.2 Å². The molecule has 1 saturated carbocycles. The van der Waals surface area contributed by atoms with Crippen molar-refractivity contribution >= 4 is 0 Å². The van der Waals surface area contributed by atoms with E-state index in [1.165, 1.54) is 37.7 Å². The number of methoxy groups -OCH3 is 2. The number of likely N-dealkylation sites (N-methyl/N-ethyl adjacent to an activating group) is 1. The van der Waals surface area contributed by atoms with E-state index in [0.29, 0.717) is 0 Å². The number of benzene rings is 1. The van der Waals surface area contributed by atoms with Gasteiger partial charge in [-0.2, -0.15) is 0 Å². The van der Waals surface area contributed by atoms with E-state index in [2.05, 4.69) is 24.1 Å². The lowest BCUT2D eigenvalue weighted by Crippen LogP contribution is -2.34. The topological polar surface area (TPSA) is 21.7 Å². The van der Waals surface area contributed by atoms with Crippen LogP contribution in [0.25, 0.3) is 0 Å². The van der Waals surface area contributed by atoms with E-state index in [-0.39, 0.29) is 0 Å². The zero-order valence-corrected chi connectivity index (χ0v) is 13.0. The molecule has 0 bridgehead atoms. The third-order valence-electron chi connectivity index (χ3n) is 4.40. The Hall–Kier alpha value is -1.22. The van der Waals surface area contributed by atoms with Crippen LogP contribution in [0.1, 0.15) is 37.7 Å². The Balaban J connectivity index is 1.89. The van der Waals surface area contributed by atoms with E-state index in [9.17, 15) is 0 Å². The van der Waals surface area contributed by atoms with Crippen LogP contribution in [-0.4, -0.2) is 38.8 Å². The summed E-state index contributed by atoms with van der Waals surface area (Å²) in [5.41, 5.74) is 1.31. The molecule has 0 aliphatic heterocycles. The molecule has 0 spiro atoms. The second-order valence-corrected chi connectivity index (χ2v) is 5.71. The summed E-state index contributed by atoms with van der Waals surface area (Å²) in [6.07, 6.45) is 8.00. The molecule has 0 heterocycles. The van der Waals surface area contributed by atoms with Gasteiger partial charge in [-0.25, -0.2) is 0 Å². The summed E-state index contributed by atoms with van der Waals surface area (Å²) < 4.78 is 10.6. The molecule has 112 valence electrons. The van der Waals surface area contributed by atoms with Crippen molar-refractivity contribution in [3.63, 3.8) is 0 Å². The van der Waals surface area contributed by atoms with Gasteiger partial charge >= 0.3 is 0 Å². The lowest BCUT2D eigenvalue weighted by atomic mass is 9.94. The molecule has 0 aromatic heterocycles. The average Bonchev–Trinajstić information content (AvgIpc) is 2.53. The van der Waals surface area contributed by atoms with Crippen molar-refractivity contribution in [1.82, 2.24) is 4.90 Å². The summed E-state index contributed by atoms with van der Waals surface area (Å²) in [5, 5.41) is 0. The molecule has 0 unspecified atom stereocenters. The first-order chi connectivity index (χ1) is 9.74. The molecule has 0 radical (unpaired) electrons. The van der Waals surface area contributed by atoms with Gasteiger partial charge in [-0.3, -0.25) is 0 Å². The van der Waals surface area contributed by atoms with Crippen LogP contribution in [0, 0.1) is 0 Å². The normalized spacial score (nSPS) is 16.4. The second-order valence-electron chi connectivity index (χ2n) is 5.71. The number of hydrogen-bond acceptors (Lipinski definition) is 3. The molecule has 3 heteroatoms. The third kappa shape index (κ3) is 3.89. The minimum Gasteiger partial charge on any atom is -0.493 e. The predicted molar refractivity (Wildman–Crippen MR) is 82.8 cm³/mol. The molecule has 1 aromatic carbocycles. The van der Waals surface area contributed by atoms with Gasteiger partial charge in [0.1, 0.15) is 0 Å². The van der Waals surface area contributed by atoms with Gasteiger partial charge in [0.2, 0.25) is 0 Å². The molecule has 1 aliphatic rings. The molecule has 0 atom stereocenters. The van der Waals surface area contributed by atoms with Crippen LogP contribution in [0.3, 0.4) is 0 Å². The van der Waals surface area contributed by atoms with Crippen LogP contribution < -0.4 is 9.47 Å². The van der Waals surface area contributed by atoms with Gasteiger partial charge in [0.15, 0.2) is 11.5 Å². The maximum Gasteiger partial charge on any atom is 0.160 e. The molecule has 1 aromatic rings. The lowest BCUT2D eigenvalue weighted by Gasteiger charge is -2.31. The molecular formula is C17H27NO2. The maximum absolute atomic E-state index is 5.36. The predicted octanol–water partition coefficient (Wildman–Crippen LogP) is 3.51. The molecule has 20 heavy (non-hydrogen) atoms. The second kappa shape index (κ2) is 7.53. The Morgan fingerprint density at radius 3 is 2.40 bits per heavy atom.